The highest BCUT2D eigenvalue weighted by atomic mass is 14.7. The second-order valence-corrected chi connectivity index (χ2v) is 4.89. The maximum absolute atomic E-state index is 4.08. The SMILES string of the molecule is C=Cc1ccc(C)nc1.C=Cc1ccccn1.C=Cc1cccnc1. The summed E-state index contributed by atoms with van der Waals surface area (Å²) >= 11 is 0. The van der Waals surface area contributed by atoms with Crippen LogP contribution in [0.3, 0.4) is 0 Å². The molecule has 0 aromatic carbocycles. The second kappa shape index (κ2) is 12.1. The van der Waals surface area contributed by atoms with Crippen LogP contribution in [0.4, 0.5) is 0 Å². The first-order chi connectivity index (χ1) is 12.2. The van der Waals surface area contributed by atoms with E-state index in [1.165, 1.54) is 0 Å². The van der Waals surface area contributed by atoms with Gasteiger partial charge in [-0.1, -0.05) is 50.1 Å². The lowest BCUT2D eigenvalue weighted by molar-refractivity contribution is 1.19. The summed E-state index contributed by atoms with van der Waals surface area (Å²) in [5, 5.41) is 0. The van der Waals surface area contributed by atoms with Crippen molar-refractivity contribution >= 4 is 18.2 Å². The van der Waals surface area contributed by atoms with Crippen LogP contribution in [0, 0.1) is 6.92 Å². The number of nitrogens with zero attached hydrogens (tertiary/aromatic N) is 3. The zero-order valence-electron chi connectivity index (χ0n) is 14.5. The summed E-state index contributed by atoms with van der Waals surface area (Å²) in [5.41, 5.74) is 4.10. The molecule has 0 bridgehead atoms. The van der Waals surface area contributed by atoms with Crippen LogP contribution < -0.4 is 0 Å². The van der Waals surface area contributed by atoms with E-state index in [2.05, 4.69) is 34.7 Å². The van der Waals surface area contributed by atoms with Gasteiger partial charge in [-0.15, -0.1) is 0 Å². The topological polar surface area (TPSA) is 38.7 Å². The molecule has 3 heterocycles. The summed E-state index contributed by atoms with van der Waals surface area (Å²) in [6, 6.07) is 13.5. The Hall–Kier alpha value is -3.33. The van der Waals surface area contributed by atoms with E-state index < -0.39 is 0 Å². The molecule has 0 saturated carbocycles. The lowest BCUT2D eigenvalue weighted by Gasteiger charge is -1.90. The van der Waals surface area contributed by atoms with Crippen molar-refractivity contribution in [2.75, 3.05) is 0 Å². The summed E-state index contributed by atoms with van der Waals surface area (Å²) in [5.74, 6) is 0. The van der Waals surface area contributed by atoms with Crippen molar-refractivity contribution in [3.05, 3.63) is 110 Å². The fraction of sp³-hybridized carbons (Fsp3) is 0.0455. The number of aryl methyl sites for hydroxylation is 1. The molecule has 3 nitrogen and oxygen atoms in total. The maximum atomic E-state index is 4.08. The summed E-state index contributed by atoms with van der Waals surface area (Å²) < 4.78 is 0. The molecule has 126 valence electrons. The summed E-state index contributed by atoms with van der Waals surface area (Å²) in [7, 11) is 0. The van der Waals surface area contributed by atoms with Gasteiger partial charge >= 0.3 is 0 Å². The Morgan fingerprint density at radius 1 is 0.720 bits per heavy atom. The smallest absolute Gasteiger partial charge is 0.0623 e. The highest BCUT2D eigenvalue weighted by Crippen LogP contribution is 1.99. The molecule has 3 aromatic rings. The van der Waals surface area contributed by atoms with Crippen LogP contribution >= 0.6 is 0 Å². The van der Waals surface area contributed by atoms with Crippen molar-refractivity contribution in [3.8, 4) is 0 Å². The van der Waals surface area contributed by atoms with E-state index in [9.17, 15) is 0 Å². The van der Waals surface area contributed by atoms with E-state index >= 15 is 0 Å². The third-order valence-electron chi connectivity index (χ3n) is 2.99. The van der Waals surface area contributed by atoms with Crippen molar-refractivity contribution in [1.82, 2.24) is 15.0 Å². The van der Waals surface area contributed by atoms with Crippen molar-refractivity contribution < 1.29 is 0 Å². The third kappa shape index (κ3) is 8.77. The van der Waals surface area contributed by atoms with Gasteiger partial charge in [0.1, 0.15) is 0 Å². The molecule has 0 fully saturated rings. The van der Waals surface area contributed by atoms with Crippen molar-refractivity contribution in [1.29, 1.82) is 0 Å². The van der Waals surface area contributed by atoms with Gasteiger partial charge in [-0.25, -0.2) is 0 Å². The minimum Gasteiger partial charge on any atom is -0.264 e. The lowest BCUT2D eigenvalue weighted by atomic mass is 10.2. The predicted molar refractivity (Wildman–Crippen MR) is 108 cm³/mol. The minimum absolute atomic E-state index is 0.924. The zero-order chi connectivity index (χ0) is 18.3. The Labute approximate surface area is 150 Å². The molecular formula is C22H23N3. The van der Waals surface area contributed by atoms with Crippen LogP contribution in [0.2, 0.25) is 0 Å². The maximum Gasteiger partial charge on any atom is 0.0623 e. The number of hydrogen-bond donors (Lipinski definition) is 0. The molecule has 0 unspecified atom stereocenters. The van der Waals surface area contributed by atoms with E-state index in [1.54, 1.807) is 36.8 Å². The summed E-state index contributed by atoms with van der Waals surface area (Å²) in [4.78, 5) is 11.9. The Kier molecular flexibility index (Phi) is 9.57. The molecule has 0 amide bonds. The minimum atomic E-state index is 0.924. The first-order valence-corrected chi connectivity index (χ1v) is 7.80. The van der Waals surface area contributed by atoms with Crippen LogP contribution in [0.5, 0.6) is 0 Å². The van der Waals surface area contributed by atoms with Crippen LogP contribution in [-0.2, 0) is 0 Å². The molecule has 0 aliphatic carbocycles. The van der Waals surface area contributed by atoms with Gasteiger partial charge in [-0.05, 0) is 48.4 Å². The van der Waals surface area contributed by atoms with E-state index in [4.69, 9.17) is 0 Å². The number of rotatable bonds is 3. The van der Waals surface area contributed by atoms with E-state index in [-0.39, 0.29) is 0 Å². The van der Waals surface area contributed by atoms with Crippen molar-refractivity contribution in [2.45, 2.75) is 6.92 Å². The fourth-order valence-electron chi connectivity index (χ4n) is 1.59. The van der Waals surface area contributed by atoms with Crippen LogP contribution in [0.1, 0.15) is 22.5 Å². The lowest BCUT2D eigenvalue weighted by Crippen LogP contribution is -1.78. The highest BCUT2D eigenvalue weighted by molar-refractivity contribution is 5.45. The van der Waals surface area contributed by atoms with E-state index in [1.807, 2.05) is 55.6 Å². The number of aromatic nitrogens is 3. The largest absolute Gasteiger partial charge is 0.264 e. The van der Waals surface area contributed by atoms with Crippen LogP contribution in [-0.4, -0.2) is 15.0 Å². The first kappa shape index (κ1) is 19.7. The molecule has 3 heteroatoms. The molecule has 0 aliphatic heterocycles. The Bertz CT molecular complexity index is 705. The molecule has 0 N–H and O–H groups in total. The molecule has 3 rings (SSSR count). The molecule has 0 atom stereocenters. The normalized spacial score (nSPS) is 8.68. The molecule has 0 aliphatic rings. The molecule has 0 spiro atoms. The van der Waals surface area contributed by atoms with Gasteiger partial charge in [0.05, 0.1) is 5.69 Å². The zero-order valence-corrected chi connectivity index (χ0v) is 14.5. The Morgan fingerprint density at radius 3 is 1.88 bits per heavy atom. The average Bonchev–Trinajstić information content (AvgIpc) is 2.71. The Morgan fingerprint density at radius 2 is 1.48 bits per heavy atom. The number of pyridine rings is 3. The van der Waals surface area contributed by atoms with Gasteiger partial charge in [-0.3, -0.25) is 15.0 Å². The van der Waals surface area contributed by atoms with Crippen LogP contribution in [0.25, 0.3) is 18.2 Å². The molecule has 25 heavy (non-hydrogen) atoms. The van der Waals surface area contributed by atoms with E-state index in [0.29, 0.717) is 0 Å². The van der Waals surface area contributed by atoms with Gasteiger partial charge < -0.3 is 0 Å². The third-order valence-corrected chi connectivity index (χ3v) is 2.99. The van der Waals surface area contributed by atoms with Crippen molar-refractivity contribution in [3.63, 3.8) is 0 Å². The Balaban J connectivity index is 0.000000188. The van der Waals surface area contributed by atoms with Gasteiger partial charge in [0.25, 0.3) is 0 Å². The standard InChI is InChI=1S/C8H9N.2C7H7N/c1-3-8-5-4-7(2)9-6-8;1-2-7-4-3-5-8-6-7;1-2-7-5-3-4-6-8-7/h3-6H,1H2,2H3;2*2-6H,1H2. The number of hydrogen-bond acceptors (Lipinski definition) is 3. The molecule has 3 aromatic heterocycles. The highest BCUT2D eigenvalue weighted by Gasteiger charge is 1.83. The molecular weight excluding hydrogens is 306 g/mol. The van der Waals surface area contributed by atoms with Gasteiger partial charge in [-0.2, -0.15) is 0 Å². The quantitative estimate of drug-likeness (QED) is 0.638. The van der Waals surface area contributed by atoms with Crippen LogP contribution in [0.15, 0.2) is 87.0 Å². The van der Waals surface area contributed by atoms with Gasteiger partial charge in [0, 0.05) is 30.5 Å². The second-order valence-electron chi connectivity index (χ2n) is 4.89. The fourth-order valence-corrected chi connectivity index (χ4v) is 1.59. The van der Waals surface area contributed by atoms with Gasteiger partial charge in [0.15, 0.2) is 0 Å². The van der Waals surface area contributed by atoms with Gasteiger partial charge in [0.2, 0.25) is 0 Å². The molecule has 0 saturated heterocycles. The predicted octanol–water partition coefficient (Wildman–Crippen LogP) is 5.48. The summed E-state index contributed by atoms with van der Waals surface area (Å²) in [6.07, 6.45) is 12.3. The monoisotopic (exact) mass is 329 g/mol. The molecule has 0 radical (unpaired) electrons. The average molecular weight is 329 g/mol. The van der Waals surface area contributed by atoms with Crippen molar-refractivity contribution in [2.24, 2.45) is 0 Å². The summed E-state index contributed by atoms with van der Waals surface area (Å²) in [6.45, 7) is 12.7. The van der Waals surface area contributed by atoms with E-state index in [0.717, 1.165) is 22.5 Å². The first-order valence-electron chi connectivity index (χ1n) is 7.80.